The van der Waals surface area contributed by atoms with Gasteiger partial charge in [-0.25, -0.2) is 9.18 Å². The highest BCUT2D eigenvalue weighted by molar-refractivity contribution is 6.28. The molecule has 0 saturated heterocycles. The summed E-state index contributed by atoms with van der Waals surface area (Å²) in [6.07, 6.45) is -0.485. The third-order valence-electron chi connectivity index (χ3n) is 1.74. The van der Waals surface area contributed by atoms with Crippen LogP contribution in [0.2, 0.25) is 0 Å². The fraction of sp³-hybridized carbons (Fsp3) is 0.300. The molecule has 0 spiro atoms. The van der Waals surface area contributed by atoms with Gasteiger partial charge >= 0.3 is 5.97 Å². The Morgan fingerprint density at radius 3 is 2.50 bits per heavy atom. The molecule has 76 valence electrons. The van der Waals surface area contributed by atoms with E-state index in [1.54, 1.807) is 19.1 Å². The van der Waals surface area contributed by atoms with Crippen molar-refractivity contribution in [2.45, 2.75) is 18.7 Å². The summed E-state index contributed by atoms with van der Waals surface area (Å²) in [6.45, 7) is 1.66. The normalized spacial score (nSPS) is 14.5. The van der Waals surface area contributed by atoms with E-state index in [0.717, 1.165) is 5.56 Å². The second-order valence-corrected chi connectivity index (χ2v) is 3.17. The first-order chi connectivity index (χ1) is 6.61. The number of halogens is 2. The maximum absolute atomic E-state index is 12.3. The van der Waals surface area contributed by atoms with Crippen LogP contribution in [0.1, 0.15) is 18.6 Å². The Bertz CT molecular complexity index is 300. The lowest BCUT2D eigenvalue weighted by molar-refractivity contribution is -0.151. The van der Waals surface area contributed by atoms with Gasteiger partial charge in [0.25, 0.3) is 5.63 Å². The van der Waals surface area contributed by atoms with Crippen molar-refractivity contribution in [2.75, 3.05) is 0 Å². The first-order valence-electron chi connectivity index (χ1n) is 4.15. The number of hydrogen-bond acceptors (Lipinski definition) is 2. The molecule has 0 bridgehead atoms. The molecule has 0 radical (unpaired) electrons. The fourth-order valence-electron chi connectivity index (χ4n) is 1.02. The van der Waals surface area contributed by atoms with Crippen molar-refractivity contribution in [1.29, 1.82) is 0 Å². The van der Waals surface area contributed by atoms with Crippen LogP contribution in [0.4, 0.5) is 4.39 Å². The summed E-state index contributed by atoms with van der Waals surface area (Å²) in [5.74, 6) is -1.05. The molecule has 0 aliphatic carbocycles. The molecule has 1 aromatic rings. The van der Waals surface area contributed by atoms with Gasteiger partial charge < -0.3 is 4.74 Å². The quantitative estimate of drug-likeness (QED) is 0.574. The number of hydrogen-bond donors (Lipinski definition) is 0. The van der Waals surface area contributed by atoms with E-state index in [2.05, 4.69) is 0 Å². The maximum Gasteiger partial charge on any atom is 0.357 e. The Balaban J connectivity index is 2.59. The molecule has 2 nitrogen and oxygen atoms in total. The van der Waals surface area contributed by atoms with Crippen molar-refractivity contribution >= 4 is 17.6 Å². The summed E-state index contributed by atoms with van der Waals surface area (Å²) in [7, 11) is 0. The molecular formula is C10H10ClFO2. The Morgan fingerprint density at radius 2 is 2.00 bits per heavy atom. The Labute approximate surface area is 86.6 Å². The lowest BCUT2D eigenvalue weighted by Crippen LogP contribution is -2.15. The Morgan fingerprint density at radius 1 is 1.43 bits per heavy atom. The lowest BCUT2D eigenvalue weighted by atomic mass is 10.1. The van der Waals surface area contributed by atoms with E-state index in [1.165, 1.54) is 0 Å². The second-order valence-electron chi connectivity index (χ2n) is 2.79. The zero-order valence-electron chi connectivity index (χ0n) is 7.61. The molecule has 0 saturated carbocycles. The number of ether oxygens (including phenoxy) is 1. The van der Waals surface area contributed by atoms with Gasteiger partial charge in [-0.1, -0.05) is 41.9 Å². The summed E-state index contributed by atoms with van der Waals surface area (Å²) in [5.41, 5.74) is -1.29. The van der Waals surface area contributed by atoms with Crippen LogP contribution in [0, 0.1) is 0 Å². The van der Waals surface area contributed by atoms with Crippen LogP contribution in [-0.4, -0.2) is 11.6 Å². The molecule has 0 aromatic heterocycles. The first kappa shape index (κ1) is 11.0. The van der Waals surface area contributed by atoms with E-state index in [1.807, 2.05) is 18.2 Å². The van der Waals surface area contributed by atoms with Crippen LogP contribution >= 0.6 is 11.6 Å². The van der Waals surface area contributed by atoms with E-state index in [0.29, 0.717) is 0 Å². The Kier molecular flexibility index (Phi) is 3.89. The third kappa shape index (κ3) is 3.00. The first-order valence-corrected chi connectivity index (χ1v) is 4.58. The van der Waals surface area contributed by atoms with Gasteiger partial charge in [0.1, 0.15) is 6.10 Å². The molecule has 1 aromatic carbocycles. The minimum absolute atomic E-state index is 0.485. The van der Waals surface area contributed by atoms with Crippen molar-refractivity contribution in [1.82, 2.24) is 0 Å². The van der Waals surface area contributed by atoms with Gasteiger partial charge in [0.15, 0.2) is 0 Å². The van der Waals surface area contributed by atoms with Crippen molar-refractivity contribution < 1.29 is 13.9 Å². The second kappa shape index (κ2) is 4.96. The molecule has 4 heteroatoms. The molecule has 0 N–H and O–H groups in total. The highest BCUT2D eigenvalue weighted by Gasteiger charge is 2.18. The maximum atomic E-state index is 12.3. The number of carbonyl (C=O) groups excluding carboxylic acids is 1. The average molecular weight is 217 g/mol. The van der Waals surface area contributed by atoms with Gasteiger partial charge in [-0.3, -0.25) is 0 Å². The summed E-state index contributed by atoms with van der Waals surface area (Å²) >= 11 is 4.92. The van der Waals surface area contributed by atoms with Crippen LogP contribution in [0.15, 0.2) is 30.3 Å². The largest absolute Gasteiger partial charge is 0.455 e. The van der Waals surface area contributed by atoms with Crippen molar-refractivity contribution in [3.8, 4) is 0 Å². The fourth-order valence-corrected chi connectivity index (χ4v) is 1.07. The summed E-state index contributed by atoms with van der Waals surface area (Å²) < 4.78 is 17.0. The molecule has 2 atom stereocenters. The topological polar surface area (TPSA) is 26.3 Å². The molecule has 0 amide bonds. The van der Waals surface area contributed by atoms with Crippen LogP contribution < -0.4 is 0 Å². The summed E-state index contributed by atoms with van der Waals surface area (Å²) in [4.78, 5) is 10.8. The van der Waals surface area contributed by atoms with E-state index in [4.69, 9.17) is 16.3 Å². The van der Waals surface area contributed by atoms with Crippen LogP contribution in [0.25, 0.3) is 0 Å². The lowest BCUT2D eigenvalue weighted by Gasteiger charge is -2.13. The zero-order valence-corrected chi connectivity index (χ0v) is 8.37. The molecule has 0 unspecified atom stereocenters. The third-order valence-corrected chi connectivity index (χ3v) is 1.92. The van der Waals surface area contributed by atoms with Crippen molar-refractivity contribution in [3.05, 3.63) is 35.9 Å². The monoisotopic (exact) mass is 216 g/mol. The van der Waals surface area contributed by atoms with Crippen molar-refractivity contribution in [2.24, 2.45) is 0 Å². The number of benzene rings is 1. The summed E-state index contributed by atoms with van der Waals surface area (Å²) in [6, 6.07) is 9.05. The van der Waals surface area contributed by atoms with Crippen LogP contribution in [0.3, 0.4) is 0 Å². The van der Waals surface area contributed by atoms with Gasteiger partial charge in [0, 0.05) is 0 Å². The molecular weight excluding hydrogens is 207 g/mol. The number of alkyl halides is 2. The van der Waals surface area contributed by atoms with Gasteiger partial charge in [-0.2, -0.15) is 0 Å². The number of rotatable bonds is 3. The van der Waals surface area contributed by atoms with Crippen LogP contribution in [-0.2, 0) is 9.53 Å². The van der Waals surface area contributed by atoms with Gasteiger partial charge in [-0.15, -0.1) is 0 Å². The number of carbonyl (C=O) groups is 1. The minimum atomic E-state index is -2.10. The molecule has 0 aliphatic rings. The minimum Gasteiger partial charge on any atom is -0.455 e. The van der Waals surface area contributed by atoms with E-state index < -0.39 is 17.7 Å². The smallest absolute Gasteiger partial charge is 0.357 e. The van der Waals surface area contributed by atoms with E-state index in [-0.39, 0.29) is 0 Å². The highest BCUT2D eigenvalue weighted by atomic mass is 35.5. The van der Waals surface area contributed by atoms with Gasteiger partial charge in [0.05, 0.1) is 0 Å². The average Bonchev–Trinajstić information content (AvgIpc) is 2.19. The summed E-state index contributed by atoms with van der Waals surface area (Å²) in [5, 5.41) is 0. The zero-order chi connectivity index (χ0) is 10.6. The molecule has 1 rings (SSSR count). The SMILES string of the molecule is C[C@@H](OC(=O)[C@@H](F)Cl)c1ccccc1. The van der Waals surface area contributed by atoms with Gasteiger partial charge in [0.2, 0.25) is 0 Å². The van der Waals surface area contributed by atoms with Gasteiger partial charge in [-0.05, 0) is 12.5 Å². The molecule has 14 heavy (non-hydrogen) atoms. The van der Waals surface area contributed by atoms with E-state index in [9.17, 15) is 9.18 Å². The predicted molar refractivity (Wildman–Crippen MR) is 51.7 cm³/mol. The van der Waals surface area contributed by atoms with Crippen LogP contribution in [0.5, 0.6) is 0 Å². The molecule has 0 aliphatic heterocycles. The highest BCUT2D eigenvalue weighted by Crippen LogP contribution is 2.17. The molecule has 0 fully saturated rings. The molecule has 0 heterocycles. The van der Waals surface area contributed by atoms with Crippen molar-refractivity contribution in [3.63, 3.8) is 0 Å². The Hall–Kier alpha value is -1.09. The predicted octanol–water partition coefficient (Wildman–Crippen LogP) is 2.83. The standard InChI is InChI=1S/C10H10ClFO2/c1-7(14-10(13)9(11)12)8-5-3-2-4-6-8/h2-7,9H,1H3/t7-,9-/m1/s1. The van der Waals surface area contributed by atoms with E-state index >= 15 is 0 Å². The number of esters is 1.